The van der Waals surface area contributed by atoms with Crippen LogP contribution in [0.2, 0.25) is 0 Å². The summed E-state index contributed by atoms with van der Waals surface area (Å²) in [5.41, 5.74) is 4.41. The van der Waals surface area contributed by atoms with Crippen molar-refractivity contribution in [2.24, 2.45) is 5.92 Å². The molecule has 3 aliphatic carbocycles. The molecule has 3 saturated heterocycles. The highest BCUT2D eigenvalue weighted by Gasteiger charge is 2.60. The van der Waals surface area contributed by atoms with Crippen LogP contribution < -0.4 is 0 Å². The quantitative estimate of drug-likeness (QED) is 0.789. The Hall–Kier alpha value is -1.36. The number of hydrogen-bond acceptors (Lipinski definition) is 3. The Balaban J connectivity index is 1.37. The van der Waals surface area contributed by atoms with Crippen molar-refractivity contribution in [3.05, 3.63) is 17.0 Å². The van der Waals surface area contributed by atoms with Crippen LogP contribution in [0.4, 0.5) is 4.79 Å². The number of nitrogens with zero attached hydrogens (tertiary/aromatic N) is 4. The molecule has 7 rings (SSSR count). The van der Waals surface area contributed by atoms with Crippen molar-refractivity contribution in [3.63, 3.8) is 0 Å². The molecule has 2 unspecified atom stereocenters. The van der Waals surface area contributed by atoms with Gasteiger partial charge in [-0.15, -0.1) is 0 Å². The van der Waals surface area contributed by atoms with Gasteiger partial charge in [0, 0.05) is 37.6 Å². The fraction of sp³-hybridized carbons (Fsp3) is 0.800. The van der Waals surface area contributed by atoms with Gasteiger partial charge in [0.25, 0.3) is 0 Å². The maximum Gasteiger partial charge on any atom is 0.345 e. The molecule has 5 nitrogen and oxygen atoms in total. The third-order valence-corrected chi connectivity index (χ3v) is 7.89. The Labute approximate surface area is 149 Å². The molecular formula is C20H28N4O. The minimum atomic E-state index is 0.171. The molecule has 6 aliphatic rings. The van der Waals surface area contributed by atoms with Crippen molar-refractivity contribution in [3.8, 4) is 0 Å². The molecule has 2 atom stereocenters. The second-order valence-corrected chi connectivity index (χ2v) is 9.04. The zero-order valence-electron chi connectivity index (χ0n) is 15.0. The Morgan fingerprint density at radius 2 is 1.92 bits per heavy atom. The number of aromatic nitrogens is 2. The minimum absolute atomic E-state index is 0.171. The van der Waals surface area contributed by atoms with Crippen LogP contribution in [0.3, 0.4) is 0 Å². The Bertz CT molecular complexity index is 732. The number of carbonyl (C=O) groups is 1. The van der Waals surface area contributed by atoms with E-state index in [9.17, 15) is 4.79 Å². The summed E-state index contributed by atoms with van der Waals surface area (Å²) in [5, 5.41) is 5.03. The second kappa shape index (κ2) is 5.09. The number of amides is 1. The fourth-order valence-corrected chi connectivity index (χ4v) is 6.39. The number of fused-ring (bicyclic) bond motifs is 6. The van der Waals surface area contributed by atoms with E-state index in [1.54, 1.807) is 0 Å². The average molecular weight is 340 g/mol. The van der Waals surface area contributed by atoms with Crippen LogP contribution in [-0.2, 0) is 18.3 Å². The minimum Gasteiger partial charge on any atom is -0.318 e. The maximum absolute atomic E-state index is 13.5. The fourth-order valence-electron chi connectivity index (χ4n) is 6.39. The Morgan fingerprint density at radius 1 is 1.04 bits per heavy atom. The maximum atomic E-state index is 13.5. The number of hydrogen-bond donors (Lipinski definition) is 0. The van der Waals surface area contributed by atoms with E-state index in [2.05, 4.69) is 9.80 Å². The van der Waals surface area contributed by atoms with Crippen molar-refractivity contribution in [1.82, 2.24) is 19.6 Å². The van der Waals surface area contributed by atoms with Crippen LogP contribution in [-0.4, -0.2) is 57.8 Å². The van der Waals surface area contributed by atoms with E-state index in [1.807, 2.05) is 4.68 Å². The topological polar surface area (TPSA) is 41.4 Å². The molecule has 25 heavy (non-hydrogen) atoms. The van der Waals surface area contributed by atoms with Gasteiger partial charge in [-0.05, 0) is 62.8 Å². The largest absolute Gasteiger partial charge is 0.345 e. The summed E-state index contributed by atoms with van der Waals surface area (Å²) in [6.45, 7) is 4.22. The monoisotopic (exact) mass is 340 g/mol. The Morgan fingerprint density at radius 3 is 2.68 bits per heavy atom. The molecule has 0 radical (unpaired) electrons. The molecule has 134 valence electrons. The normalized spacial score (nSPS) is 38.6. The first-order valence-corrected chi connectivity index (χ1v) is 10.4. The van der Waals surface area contributed by atoms with Crippen molar-refractivity contribution < 1.29 is 4.79 Å². The van der Waals surface area contributed by atoms with Crippen LogP contribution in [0.25, 0.3) is 0 Å². The summed E-state index contributed by atoms with van der Waals surface area (Å²) in [6, 6.07) is 0.596. The highest BCUT2D eigenvalue weighted by atomic mass is 16.2. The van der Waals surface area contributed by atoms with Crippen LogP contribution in [0.5, 0.6) is 0 Å². The third kappa shape index (κ3) is 1.99. The van der Waals surface area contributed by atoms with Gasteiger partial charge in [0.1, 0.15) is 0 Å². The molecule has 5 heteroatoms. The SMILES string of the molecule is O=C(N1CCN2CCC1CC2)n1nc(C23CCCC2C3)c2c1CCC2. The zero-order chi connectivity index (χ0) is 16.6. The van der Waals surface area contributed by atoms with Crippen LogP contribution in [0.1, 0.15) is 61.9 Å². The van der Waals surface area contributed by atoms with Gasteiger partial charge in [0.15, 0.2) is 0 Å². The molecule has 2 saturated carbocycles. The molecule has 0 aromatic carbocycles. The molecule has 1 amide bonds. The molecule has 4 heterocycles. The van der Waals surface area contributed by atoms with Crippen LogP contribution >= 0.6 is 0 Å². The molecule has 2 bridgehead atoms. The average Bonchev–Trinajstić information content (AvgIpc) is 2.91. The summed E-state index contributed by atoms with van der Waals surface area (Å²) in [5.74, 6) is 0.859. The predicted octanol–water partition coefficient (Wildman–Crippen LogP) is 2.56. The summed E-state index contributed by atoms with van der Waals surface area (Å²) in [6.07, 6.45) is 11.0. The summed E-state index contributed by atoms with van der Waals surface area (Å²) < 4.78 is 1.86. The zero-order valence-corrected chi connectivity index (χ0v) is 15.0. The van der Waals surface area contributed by atoms with Gasteiger partial charge in [0.05, 0.1) is 11.4 Å². The van der Waals surface area contributed by atoms with Crippen molar-refractivity contribution in [2.45, 2.75) is 69.2 Å². The van der Waals surface area contributed by atoms with Gasteiger partial charge >= 0.3 is 6.03 Å². The summed E-state index contributed by atoms with van der Waals surface area (Å²) in [7, 11) is 0. The number of carbonyl (C=O) groups excluding carboxylic acids is 1. The number of piperidine rings is 1. The molecule has 3 aliphatic heterocycles. The standard InChI is InChI=1S/C20H28N4O/c25-19(23-12-11-22-9-6-15(23)7-10-22)24-17-5-1-4-16(17)18(21-24)20-8-2-3-14(20)13-20/h14-15H,1-13H2. The van der Waals surface area contributed by atoms with E-state index < -0.39 is 0 Å². The molecule has 0 spiro atoms. The summed E-state index contributed by atoms with van der Waals surface area (Å²) in [4.78, 5) is 18.1. The van der Waals surface area contributed by atoms with E-state index in [4.69, 9.17) is 5.10 Å². The van der Waals surface area contributed by atoms with Crippen molar-refractivity contribution >= 4 is 6.03 Å². The smallest absolute Gasteiger partial charge is 0.318 e. The lowest BCUT2D eigenvalue weighted by atomic mass is 9.95. The van der Waals surface area contributed by atoms with Crippen LogP contribution in [0, 0.1) is 5.92 Å². The lowest BCUT2D eigenvalue weighted by molar-refractivity contribution is 0.168. The number of rotatable bonds is 1. The van der Waals surface area contributed by atoms with E-state index in [0.29, 0.717) is 11.5 Å². The highest BCUT2D eigenvalue weighted by molar-refractivity contribution is 5.78. The molecule has 5 fully saturated rings. The highest BCUT2D eigenvalue weighted by Crippen LogP contribution is 2.65. The van der Waals surface area contributed by atoms with E-state index in [1.165, 1.54) is 49.1 Å². The molecule has 0 N–H and O–H groups in total. The van der Waals surface area contributed by atoms with E-state index in [-0.39, 0.29) is 6.03 Å². The van der Waals surface area contributed by atoms with E-state index >= 15 is 0 Å². The lowest BCUT2D eigenvalue weighted by Crippen LogP contribution is -2.44. The first-order valence-electron chi connectivity index (χ1n) is 10.4. The van der Waals surface area contributed by atoms with Gasteiger partial charge in [-0.1, -0.05) is 6.42 Å². The first kappa shape index (κ1) is 14.8. The van der Waals surface area contributed by atoms with E-state index in [0.717, 1.165) is 57.8 Å². The van der Waals surface area contributed by atoms with Gasteiger partial charge < -0.3 is 9.80 Å². The predicted molar refractivity (Wildman–Crippen MR) is 94.9 cm³/mol. The lowest BCUT2D eigenvalue weighted by Gasteiger charge is -2.31. The molecular weight excluding hydrogens is 312 g/mol. The molecule has 1 aromatic rings. The van der Waals surface area contributed by atoms with Gasteiger partial charge in [-0.2, -0.15) is 9.78 Å². The first-order chi connectivity index (χ1) is 12.3. The van der Waals surface area contributed by atoms with Crippen molar-refractivity contribution in [2.75, 3.05) is 26.2 Å². The van der Waals surface area contributed by atoms with Crippen LogP contribution in [0.15, 0.2) is 0 Å². The Kier molecular flexibility index (Phi) is 3.01. The van der Waals surface area contributed by atoms with Gasteiger partial charge in [-0.25, -0.2) is 4.79 Å². The second-order valence-electron chi connectivity index (χ2n) is 9.04. The van der Waals surface area contributed by atoms with Crippen molar-refractivity contribution in [1.29, 1.82) is 0 Å². The van der Waals surface area contributed by atoms with Gasteiger partial charge in [-0.3, -0.25) is 0 Å². The van der Waals surface area contributed by atoms with Gasteiger partial charge in [0.2, 0.25) is 0 Å². The third-order valence-electron chi connectivity index (χ3n) is 7.89. The molecule has 1 aromatic heterocycles. The summed E-state index contributed by atoms with van der Waals surface area (Å²) >= 11 is 0.